The van der Waals surface area contributed by atoms with Gasteiger partial charge >= 0.3 is 11.7 Å². The molecule has 1 fully saturated rings. The van der Waals surface area contributed by atoms with Crippen LogP contribution in [0, 0.1) is 5.92 Å². The van der Waals surface area contributed by atoms with Crippen molar-refractivity contribution in [2.75, 3.05) is 38.3 Å². The summed E-state index contributed by atoms with van der Waals surface area (Å²) >= 11 is 0. The van der Waals surface area contributed by atoms with Crippen LogP contribution in [0.1, 0.15) is 42.9 Å². The van der Waals surface area contributed by atoms with Crippen molar-refractivity contribution in [3.63, 3.8) is 0 Å². The predicted molar refractivity (Wildman–Crippen MR) is 157 cm³/mol. The minimum Gasteiger partial charge on any atom is -0.466 e. The van der Waals surface area contributed by atoms with E-state index in [1.54, 1.807) is 16.2 Å². The van der Waals surface area contributed by atoms with E-state index in [9.17, 15) is 9.59 Å². The van der Waals surface area contributed by atoms with Crippen molar-refractivity contribution in [2.45, 2.75) is 31.7 Å². The average Bonchev–Trinajstić information content (AvgIpc) is 3.38. The molecule has 5 rings (SSSR count). The van der Waals surface area contributed by atoms with Gasteiger partial charge in [0, 0.05) is 38.3 Å². The average molecular weight is 540 g/mol. The van der Waals surface area contributed by atoms with E-state index >= 15 is 0 Å². The first-order chi connectivity index (χ1) is 19.6. The Hall–Kier alpha value is -4.10. The number of rotatable bonds is 10. The summed E-state index contributed by atoms with van der Waals surface area (Å²) in [4.78, 5) is 28.6. The van der Waals surface area contributed by atoms with Crippen LogP contribution in [0.15, 0.2) is 102 Å². The second kappa shape index (κ2) is 12.8. The molecule has 0 radical (unpaired) electrons. The van der Waals surface area contributed by atoms with Gasteiger partial charge in [-0.3, -0.25) is 13.9 Å². The molecule has 1 aromatic heterocycles. The van der Waals surface area contributed by atoms with Gasteiger partial charge in [0.1, 0.15) is 0 Å². The summed E-state index contributed by atoms with van der Waals surface area (Å²) in [5, 5.41) is 0. The SMILES string of the molecule is CCOC(=O)C(c1ccccc1)C1CCN(c2ccc(-n3ccn([C@H](COC)c4ccccc4)c3=O)cc2)CC1. The monoisotopic (exact) mass is 539 g/mol. The molecular formula is C33H37N3O4. The zero-order chi connectivity index (χ0) is 27.9. The quantitative estimate of drug-likeness (QED) is 0.251. The summed E-state index contributed by atoms with van der Waals surface area (Å²) < 4.78 is 14.3. The summed E-state index contributed by atoms with van der Waals surface area (Å²) in [6, 6.07) is 27.9. The second-order valence-corrected chi connectivity index (χ2v) is 10.2. The molecule has 0 spiro atoms. The van der Waals surface area contributed by atoms with Gasteiger partial charge in [0.2, 0.25) is 0 Å². The number of hydrogen-bond acceptors (Lipinski definition) is 5. The lowest BCUT2D eigenvalue weighted by Crippen LogP contribution is -2.37. The Labute approximate surface area is 235 Å². The van der Waals surface area contributed by atoms with Crippen LogP contribution in [0.5, 0.6) is 0 Å². The minimum atomic E-state index is -0.237. The number of anilines is 1. The van der Waals surface area contributed by atoms with Crippen molar-refractivity contribution in [2.24, 2.45) is 5.92 Å². The van der Waals surface area contributed by atoms with E-state index in [1.807, 2.05) is 92.1 Å². The smallest absolute Gasteiger partial charge is 0.333 e. The fourth-order valence-corrected chi connectivity index (χ4v) is 5.80. The van der Waals surface area contributed by atoms with Crippen molar-refractivity contribution in [3.05, 3.63) is 119 Å². The Morgan fingerprint density at radius 1 is 0.850 bits per heavy atom. The number of nitrogens with zero attached hydrogens (tertiary/aromatic N) is 3. The number of esters is 1. The Kier molecular flexibility index (Phi) is 8.81. The predicted octanol–water partition coefficient (Wildman–Crippen LogP) is 5.44. The zero-order valence-electron chi connectivity index (χ0n) is 23.2. The van der Waals surface area contributed by atoms with Crippen LogP contribution >= 0.6 is 0 Å². The number of carbonyl (C=O) groups excluding carboxylic acids is 1. The van der Waals surface area contributed by atoms with Gasteiger partial charge in [-0.1, -0.05) is 60.7 Å². The summed E-state index contributed by atoms with van der Waals surface area (Å²) in [6.07, 6.45) is 5.45. The summed E-state index contributed by atoms with van der Waals surface area (Å²) in [6.45, 7) is 4.37. The third kappa shape index (κ3) is 5.89. The van der Waals surface area contributed by atoms with E-state index in [2.05, 4.69) is 17.0 Å². The van der Waals surface area contributed by atoms with Gasteiger partial charge in [0.15, 0.2) is 0 Å². The Morgan fingerprint density at radius 3 is 2.05 bits per heavy atom. The third-order valence-electron chi connectivity index (χ3n) is 7.85. The Bertz CT molecular complexity index is 1420. The van der Waals surface area contributed by atoms with Crippen LogP contribution in [0.4, 0.5) is 5.69 Å². The number of methoxy groups -OCH3 is 1. The summed E-state index contributed by atoms with van der Waals surface area (Å²) in [7, 11) is 1.65. The van der Waals surface area contributed by atoms with E-state index in [0.717, 1.165) is 48.4 Å². The molecule has 2 heterocycles. The molecule has 40 heavy (non-hydrogen) atoms. The number of carbonyl (C=O) groups is 1. The van der Waals surface area contributed by atoms with Gasteiger partial charge < -0.3 is 14.4 Å². The molecule has 0 amide bonds. The normalized spacial score (nSPS) is 15.5. The molecule has 0 bridgehead atoms. The molecule has 1 saturated heterocycles. The number of imidazole rings is 1. The van der Waals surface area contributed by atoms with Crippen LogP contribution in [-0.4, -0.2) is 48.5 Å². The van der Waals surface area contributed by atoms with Crippen LogP contribution in [0.25, 0.3) is 5.69 Å². The summed E-state index contributed by atoms with van der Waals surface area (Å²) in [5.74, 6) is -0.131. The highest BCUT2D eigenvalue weighted by atomic mass is 16.5. The van der Waals surface area contributed by atoms with E-state index < -0.39 is 0 Å². The van der Waals surface area contributed by atoms with Gasteiger partial charge in [0.25, 0.3) is 0 Å². The van der Waals surface area contributed by atoms with Crippen molar-refractivity contribution >= 4 is 11.7 Å². The van der Waals surface area contributed by atoms with Gasteiger partial charge in [-0.25, -0.2) is 4.79 Å². The fourth-order valence-electron chi connectivity index (χ4n) is 5.80. The van der Waals surface area contributed by atoms with Crippen molar-refractivity contribution in [3.8, 4) is 5.69 Å². The Balaban J connectivity index is 1.28. The molecule has 208 valence electrons. The zero-order valence-corrected chi connectivity index (χ0v) is 23.2. The van der Waals surface area contributed by atoms with Crippen LogP contribution < -0.4 is 10.6 Å². The van der Waals surface area contributed by atoms with Crippen molar-refractivity contribution < 1.29 is 14.3 Å². The maximum atomic E-state index is 13.4. The lowest BCUT2D eigenvalue weighted by molar-refractivity contribution is -0.146. The molecule has 0 N–H and O–H groups in total. The lowest BCUT2D eigenvalue weighted by Gasteiger charge is -2.36. The number of ether oxygens (including phenoxy) is 2. The van der Waals surface area contributed by atoms with E-state index in [1.165, 1.54) is 0 Å². The van der Waals surface area contributed by atoms with E-state index in [0.29, 0.717) is 13.2 Å². The van der Waals surface area contributed by atoms with Gasteiger partial charge in [0.05, 0.1) is 30.9 Å². The maximum Gasteiger partial charge on any atom is 0.333 e. The highest BCUT2D eigenvalue weighted by Gasteiger charge is 2.33. The van der Waals surface area contributed by atoms with Crippen molar-refractivity contribution in [1.29, 1.82) is 0 Å². The molecule has 1 aliphatic rings. The fraction of sp³-hybridized carbons (Fsp3) is 0.333. The molecule has 7 nitrogen and oxygen atoms in total. The van der Waals surface area contributed by atoms with Gasteiger partial charge in [-0.2, -0.15) is 0 Å². The minimum absolute atomic E-state index is 0.106. The first kappa shape index (κ1) is 27.5. The Morgan fingerprint density at radius 2 is 1.45 bits per heavy atom. The number of benzene rings is 3. The largest absolute Gasteiger partial charge is 0.466 e. The number of hydrogen-bond donors (Lipinski definition) is 0. The molecule has 1 aliphatic heterocycles. The maximum absolute atomic E-state index is 13.4. The van der Waals surface area contributed by atoms with Crippen molar-refractivity contribution in [1.82, 2.24) is 9.13 Å². The van der Waals surface area contributed by atoms with Crippen LogP contribution in [0.2, 0.25) is 0 Å². The van der Waals surface area contributed by atoms with Crippen LogP contribution in [-0.2, 0) is 14.3 Å². The molecule has 4 aromatic rings. The molecule has 3 aromatic carbocycles. The molecule has 1 unspecified atom stereocenters. The second-order valence-electron chi connectivity index (χ2n) is 10.2. The molecule has 0 aliphatic carbocycles. The lowest BCUT2D eigenvalue weighted by atomic mass is 9.80. The standard InChI is InChI=1S/C33H37N3O4/c1-3-40-32(37)31(26-12-8-5-9-13-26)27-18-20-34(21-19-27)28-14-16-29(17-15-28)35-22-23-36(33(35)38)30(24-39-2)25-10-6-4-7-11-25/h4-17,22-23,27,30-31H,3,18-21,24H2,1-2H3/t30-,31?/m1/s1. The van der Waals surface area contributed by atoms with Crippen LogP contribution in [0.3, 0.4) is 0 Å². The van der Waals surface area contributed by atoms with Gasteiger partial charge in [-0.15, -0.1) is 0 Å². The van der Waals surface area contributed by atoms with E-state index in [4.69, 9.17) is 9.47 Å². The highest BCUT2D eigenvalue weighted by molar-refractivity contribution is 5.78. The summed E-state index contributed by atoms with van der Waals surface area (Å²) in [5.41, 5.74) is 3.88. The molecule has 0 saturated carbocycles. The molecule has 7 heteroatoms. The first-order valence-corrected chi connectivity index (χ1v) is 14.0. The first-order valence-electron chi connectivity index (χ1n) is 14.0. The van der Waals surface area contributed by atoms with Gasteiger partial charge in [-0.05, 0) is 61.1 Å². The number of aromatic nitrogens is 2. The highest BCUT2D eigenvalue weighted by Crippen LogP contribution is 2.35. The third-order valence-corrected chi connectivity index (χ3v) is 7.85. The van der Waals surface area contributed by atoms with E-state index in [-0.39, 0.29) is 29.5 Å². The number of piperidine rings is 1. The topological polar surface area (TPSA) is 65.7 Å². The molecular weight excluding hydrogens is 502 g/mol. The molecule has 2 atom stereocenters.